The Morgan fingerprint density at radius 3 is 2.58 bits per heavy atom. The number of nitrogens with zero attached hydrogens (tertiary/aromatic N) is 2. The molecule has 2 N–H and O–H groups in total. The lowest BCUT2D eigenvalue weighted by Gasteiger charge is -2.17. The van der Waals surface area contributed by atoms with Gasteiger partial charge in [-0.3, -0.25) is 0 Å². The average molecular weight is 275 g/mol. The van der Waals surface area contributed by atoms with Crippen LogP contribution in [0.1, 0.15) is 34.7 Å². The maximum Gasteiger partial charge on any atom is 0.185 e. The van der Waals surface area contributed by atoms with E-state index in [9.17, 15) is 0 Å². The fraction of sp³-hybridized carbons (Fsp3) is 0.400. The number of hydrogen-bond donors (Lipinski definition) is 1. The minimum atomic E-state index is 0.0538. The van der Waals surface area contributed by atoms with Gasteiger partial charge in [-0.25, -0.2) is 4.98 Å². The number of thiazole rings is 1. The number of aryl methyl sites for hydroxylation is 2. The van der Waals surface area contributed by atoms with E-state index < -0.39 is 0 Å². The Kier molecular flexibility index (Phi) is 4.22. The quantitative estimate of drug-likeness (QED) is 0.929. The standard InChI is InChI=1S/C15H21N3S/c1-10-7-5-6-8-13(10)9-18(4)15-17-12(3)14(19-15)11(2)16/h5-8,11H,9,16H2,1-4H3. The van der Waals surface area contributed by atoms with Crippen molar-refractivity contribution < 1.29 is 0 Å². The Morgan fingerprint density at radius 1 is 1.32 bits per heavy atom. The molecule has 0 radical (unpaired) electrons. The topological polar surface area (TPSA) is 42.2 Å². The molecule has 4 heteroatoms. The highest BCUT2D eigenvalue weighted by molar-refractivity contribution is 7.15. The van der Waals surface area contributed by atoms with Crippen molar-refractivity contribution in [2.24, 2.45) is 5.73 Å². The highest BCUT2D eigenvalue weighted by Gasteiger charge is 2.14. The Hall–Kier alpha value is -1.39. The van der Waals surface area contributed by atoms with Crippen LogP contribution >= 0.6 is 11.3 Å². The molecule has 0 saturated carbocycles. The van der Waals surface area contributed by atoms with Gasteiger partial charge in [-0.2, -0.15) is 0 Å². The maximum atomic E-state index is 5.96. The van der Waals surface area contributed by atoms with Crippen molar-refractivity contribution in [1.29, 1.82) is 0 Å². The molecule has 0 aliphatic heterocycles. The maximum absolute atomic E-state index is 5.96. The predicted octanol–water partition coefficient (Wildman–Crippen LogP) is 3.42. The largest absolute Gasteiger partial charge is 0.347 e. The van der Waals surface area contributed by atoms with Gasteiger partial charge in [-0.15, -0.1) is 11.3 Å². The zero-order valence-corrected chi connectivity index (χ0v) is 12.8. The van der Waals surface area contributed by atoms with E-state index in [1.54, 1.807) is 11.3 Å². The second-order valence-corrected chi connectivity index (χ2v) is 6.03. The lowest BCUT2D eigenvalue weighted by atomic mass is 10.1. The van der Waals surface area contributed by atoms with Gasteiger partial charge in [0.2, 0.25) is 0 Å². The highest BCUT2D eigenvalue weighted by atomic mass is 32.1. The van der Waals surface area contributed by atoms with E-state index >= 15 is 0 Å². The molecule has 1 unspecified atom stereocenters. The fourth-order valence-corrected chi connectivity index (χ4v) is 3.07. The van der Waals surface area contributed by atoms with Crippen LogP contribution in [0.25, 0.3) is 0 Å². The van der Waals surface area contributed by atoms with Crippen LogP contribution < -0.4 is 10.6 Å². The van der Waals surface area contributed by atoms with Gasteiger partial charge >= 0.3 is 0 Å². The molecule has 2 rings (SSSR count). The first kappa shape index (κ1) is 14.0. The Morgan fingerprint density at radius 2 is 2.00 bits per heavy atom. The number of rotatable bonds is 4. The highest BCUT2D eigenvalue weighted by Crippen LogP contribution is 2.29. The van der Waals surface area contributed by atoms with Crippen LogP contribution in [0, 0.1) is 13.8 Å². The molecule has 1 atom stereocenters. The van der Waals surface area contributed by atoms with Crippen molar-refractivity contribution in [1.82, 2.24) is 4.98 Å². The molecule has 0 saturated heterocycles. The number of nitrogens with two attached hydrogens (primary N) is 1. The number of anilines is 1. The molecule has 19 heavy (non-hydrogen) atoms. The summed E-state index contributed by atoms with van der Waals surface area (Å²) in [5.41, 5.74) is 9.65. The lowest BCUT2D eigenvalue weighted by molar-refractivity contribution is 0.824. The number of benzene rings is 1. The summed E-state index contributed by atoms with van der Waals surface area (Å²) in [5.74, 6) is 0. The number of aromatic nitrogens is 1. The molecule has 0 bridgehead atoms. The molecule has 1 aromatic heterocycles. The summed E-state index contributed by atoms with van der Waals surface area (Å²) >= 11 is 1.69. The minimum absolute atomic E-state index is 0.0538. The van der Waals surface area contributed by atoms with Gasteiger partial charge in [-0.1, -0.05) is 24.3 Å². The van der Waals surface area contributed by atoms with Crippen LogP contribution in [-0.2, 0) is 6.54 Å². The van der Waals surface area contributed by atoms with Crippen LogP contribution in [0.15, 0.2) is 24.3 Å². The van der Waals surface area contributed by atoms with E-state index in [4.69, 9.17) is 5.73 Å². The van der Waals surface area contributed by atoms with E-state index in [0.29, 0.717) is 0 Å². The monoisotopic (exact) mass is 275 g/mol. The third-order valence-corrected chi connectivity index (χ3v) is 4.70. The van der Waals surface area contributed by atoms with E-state index in [2.05, 4.69) is 48.1 Å². The van der Waals surface area contributed by atoms with Crippen molar-refractivity contribution >= 4 is 16.5 Å². The van der Waals surface area contributed by atoms with Crippen molar-refractivity contribution in [3.8, 4) is 0 Å². The normalized spacial score (nSPS) is 12.5. The third-order valence-electron chi connectivity index (χ3n) is 3.23. The molecule has 0 spiro atoms. The van der Waals surface area contributed by atoms with Crippen molar-refractivity contribution in [2.45, 2.75) is 33.4 Å². The fourth-order valence-electron chi connectivity index (χ4n) is 2.09. The van der Waals surface area contributed by atoms with Crippen LogP contribution in [0.2, 0.25) is 0 Å². The van der Waals surface area contributed by atoms with Crippen LogP contribution in [-0.4, -0.2) is 12.0 Å². The minimum Gasteiger partial charge on any atom is -0.347 e. The molecule has 1 heterocycles. The van der Waals surface area contributed by atoms with Crippen LogP contribution in [0.5, 0.6) is 0 Å². The third kappa shape index (κ3) is 3.14. The van der Waals surface area contributed by atoms with E-state index in [0.717, 1.165) is 17.4 Å². The van der Waals surface area contributed by atoms with Gasteiger partial charge in [0.05, 0.1) is 5.69 Å². The average Bonchev–Trinajstić information content (AvgIpc) is 2.74. The van der Waals surface area contributed by atoms with Gasteiger partial charge in [0.15, 0.2) is 5.13 Å². The first-order valence-corrected chi connectivity index (χ1v) is 7.29. The summed E-state index contributed by atoms with van der Waals surface area (Å²) in [6, 6.07) is 8.51. The summed E-state index contributed by atoms with van der Waals surface area (Å²) in [6.07, 6.45) is 0. The summed E-state index contributed by atoms with van der Waals surface area (Å²) in [5, 5.41) is 1.04. The van der Waals surface area contributed by atoms with Gasteiger partial charge in [0.1, 0.15) is 0 Å². The van der Waals surface area contributed by atoms with Crippen molar-refractivity contribution in [2.75, 3.05) is 11.9 Å². The second kappa shape index (κ2) is 5.72. The zero-order valence-electron chi connectivity index (χ0n) is 12.0. The molecule has 1 aromatic carbocycles. The number of hydrogen-bond acceptors (Lipinski definition) is 4. The Labute approximate surface area is 119 Å². The Bertz CT molecular complexity index is 560. The van der Waals surface area contributed by atoms with Gasteiger partial charge in [0.25, 0.3) is 0 Å². The van der Waals surface area contributed by atoms with Crippen LogP contribution in [0.3, 0.4) is 0 Å². The van der Waals surface area contributed by atoms with Crippen LogP contribution in [0.4, 0.5) is 5.13 Å². The second-order valence-electron chi connectivity index (χ2n) is 5.02. The summed E-state index contributed by atoms with van der Waals surface area (Å²) in [4.78, 5) is 7.98. The smallest absolute Gasteiger partial charge is 0.185 e. The molecular formula is C15H21N3S. The van der Waals surface area contributed by atoms with Gasteiger partial charge in [0, 0.05) is 24.5 Å². The SMILES string of the molecule is Cc1ccccc1CN(C)c1nc(C)c(C(C)N)s1. The predicted molar refractivity (Wildman–Crippen MR) is 82.7 cm³/mol. The lowest BCUT2D eigenvalue weighted by Crippen LogP contribution is -2.16. The Balaban J connectivity index is 2.19. The van der Waals surface area contributed by atoms with E-state index in [-0.39, 0.29) is 6.04 Å². The van der Waals surface area contributed by atoms with Crippen molar-refractivity contribution in [3.63, 3.8) is 0 Å². The van der Waals surface area contributed by atoms with E-state index in [1.807, 2.05) is 13.8 Å². The van der Waals surface area contributed by atoms with E-state index in [1.165, 1.54) is 16.0 Å². The molecule has 2 aromatic rings. The van der Waals surface area contributed by atoms with Crippen molar-refractivity contribution in [3.05, 3.63) is 46.0 Å². The first-order chi connectivity index (χ1) is 8.99. The molecular weight excluding hydrogens is 254 g/mol. The molecule has 0 aliphatic carbocycles. The molecule has 0 fully saturated rings. The summed E-state index contributed by atoms with van der Waals surface area (Å²) < 4.78 is 0. The van der Waals surface area contributed by atoms with Gasteiger partial charge < -0.3 is 10.6 Å². The first-order valence-electron chi connectivity index (χ1n) is 6.47. The molecule has 3 nitrogen and oxygen atoms in total. The van der Waals surface area contributed by atoms with Gasteiger partial charge in [-0.05, 0) is 31.9 Å². The molecule has 0 aliphatic rings. The summed E-state index contributed by atoms with van der Waals surface area (Å²) in [6.45, 7) is 7.05. The molecule has 0 amide bonds. The zero-order chi connectivity index (χ0) is 14.0. The molecule has 102 valence electrons. The summed E-state index contributed by atoms with van der Waals surface area (Å²) in [7, 11) is 2.08.